The molecule has 0 saturated heterocycles. The molecule has 45 heavy (non-hydrogen) atoms. The first-order valence-electron chi connectivity index (χ1n) is 14.3. The zero-order valence-corrected chi connectivity index (χ0v) is 25.5. The number of carbonyl (C=O) groups excluding carboxylic acids is 1. The maximum atomic E-state index is 13.0. The van der Waals surface area contributed by atoms with E-state index in [4.69, 9.17) is 5.73 Å². The molecule has 14 heteroatoms. The number of H-pyrrole nitrogens is 2. The number of nitrogen functional groups attached to an aromatic ring is 1. The Labute approximate surface area is 258 Å². The van der Waals surface area contributed by atoms with Crippen molar-refractivity contribution >= 4 is 44.7 Å². The van der Waals surface area contributed by atoms with Crippen LogP contribution in [0.3, 0.4) is 0 Å². The number of carbonyl (C=O) groups is 3. The summed E-state index contributed by atoms with van der Waals surface area (Å²) < 4.78 is 25.6. The number of benzene rings is 2. The van der Waals surface area contributed by atoms with Gasteiger partial charge in [-0.2, -0.15) is 4.98 Å². The van der Waals surface area contributed by atoms with Crippen LogP contribution in [0, 0.1) is 5.92 Å². The summed E-state index contributed by atoms with van der Waals surface area (Å²) in [7, 11) is -3.60. The van der Waals surface area contributed by atoms with E-state index in [0.29, 0.717) is 16.6 Å². The van der Waals surface area contributed by atoms with Gasteiger partial charge in [0.1, 0.15) is 11.7 Å². The number of hydrogen-bond acceptors (Lipinski definition) is 8. The molecule has 2 heterocycles. The van der Waals surface area contributed by atoms with E-state index in [-0.39, 0.29) is 53.6 Å². The molecule has 238 valence electrons. The molecule has 4 atom stereocenters. The highest BCUT2D eigenvalue weighted by Gasteiger charge is 2.30. The third-order valence-corrected chi connectivity index (χ3v) is 10.2. The molecule has 0 saturated carbocycles. The van der Waals surface area contributed by atoms with Crippen LogP contribution in [0.25, 0.3) is 11.0 Å². The smallest absolute Gasteiger partial charge is 0.326 e. The van der Waals surface area contributed by atoms with E-state index in [2.05, 4.69) is 20.3 Å². The molecule has 7 N–H and O–H groups in total. The van der Waals surface area contributed by atoms with E-state index in [1.807, 2.05) is 6.92 Å². The Kier molecular flexibility index (Phi) is 10.1. The van der Waals surface area contributed by atoms with E-state index < -0.39 is 44.9 Å². The van der Waals surface area contributed by atoms with Crippen molar-refractivity contribution in [3.8, 4) is 0 Å². The number of carboxylic acids is 2. The monoisotopic (exact) mass is 637 g/mol. The molecule has 2 aromatic carbocycles. The topological polar surface area (TPSA) is 225 Å². The average molecular weight is 638 g/mol. The maximum Gasteiger partial charge on any atom is 0.326 e. The Balaban J connectivity index is 1.38. The molecule has 0 aliphatic heterocycles. The minimum Gasteiger partial charge on any atom is -0.481 e. The third kappa shape index (κ3) is 7.58. The quantitative estimate of drug-likeness (QED) is 0.118. The number of hydrogen-bond donors (Lipinski definition) is 6. The maximum absolute atomic E-state index is 13.0. The van der Waals surface area contributed by atoms with E-state index >= 15 is 0 Å². The van der Waals surface area contributed by atoms with Crippen LogP contribution < -0.4 is 16.6 Å². The van der Waals surface area contributed by atoms with E-state index in [0.717, 1.165) is 5.56 Å². The van der Waals surface area contributed by atoms with Gasteiger partial charge < -0.3 is 26.2 Å². The van der Waals surface area contributed by atoms with Crippen LogP contribution in [0.4, 0.5) is 5.95 Å². The molecule has 3 unspecified atom stereocenters. The first kappa shape index (κ1) is 32.9. The lowest BCUT2D eigenvalue weighted by atomic mass is 9.92. The largest absolute Gasteiger partial charge is 0.481 e. The second-order valence-corrected chi connectivity index (χ2v) is 13.4. The average Bonchev–Trinajstić information content (AvgIpc) is 3.44. The summed E-state index contributed by atoms with van der Waals surface area (Å²) in [6, 6.07) is 12.9. The van der Waals surface area contributed by atoms with Crippen LogP contribution in [0.1, 0.15) is 66.9 Å². The third-order valence-electron chi connectivity index (χ3n) is 7.97. The Bertz CT molecular complexity index is 1850. The lowest BCUT2D eigenvalue weighted by molar-refractivity contribution is -0.144. The van der Waals surface area contributed by atoms with Gasteiger partial charge in [0, 0.05) is 17.7 Å². The van der Waals surface area contributed by atoms with Gasteiger partial charge in [-0.25, -0.2) is 13.2 Å². The van der Waals surface area contributed by atoms with Crippen molar-refractivity contribution in [2.75, 3.05) is 5.73 Å². The first-order chi connectivity index (χ1) is 21.3. The molecular weight excluding hydrogens is 602 g/mol. The van der Waals surface area contributed by atoms with Crippen LogP contribution in [0.2, 0.25) is 0 Å². The number of amides is 1. The van der Waals surface area contributed by atoms with Crippen LogP contribution >= 0.6 is 0 Å². The molecule has 13 nitrogen and oxygen atoms in total. The van der Waals surface area contributed by atoms with Gasteiger partial charge in [-0.05, 0) is 61.6 Å². The lowest BCUT2D eigenvalue weighted by Crippen LogP contribution is -2.43. The van der Waals surface area contributed by atoms with Crippen LogP contribution in [-0.4, -0.2) is 62.7 Å². The van der Waals surface area contributed by atoms with Crippen molar-refractivity contribution in [1.29, 1.82) is 0 Å². The van der Waals surface area contributed by atoms with Crippen molar-refractivity contribution < 1.29 is 33.0 Å². The van der Waals surface area contributed by atoms with Gasteiger partial charge in [-0.15, -0.1) is 0 Å². The number of aliphatic carboxylic acids is 2. The highest BCUT2D eigenvalue weighted by atomic mass is 32.2. The van der Waals surface area contributed by atoms with Gasteiger partial charge in [-0.3, -0.25) is 19.4 Å². The van der Waals surface area contributed by atoms with Gasteiger partial charge in [0.2, 0.25) is 5.95 Å². The number of anilines is 1. The van der Waals surface area contributed by atoms with Crippen LogP contribution in [0.5, 0.6) is 0 Å². The van der Waals surface area contributed by atoms with Gasteiger partial charge >= 0.3 is 11.9 Å². The zero-order valence-electron chi connectivity index (χ0n) is 24.7. The summed E-state index contributed by atoms with van der Waals surface area (Å²) in [4.78, 5) is 59.1. The molecule has 0 aliphatic carbocycles. The molecule has 4 rings (SSSR count). The van der Waals surface area contributed by atoms with Gasteiger partial charge in [0.05, 0.1) is 21.4 Å². The summed E-state index contributed by atoms with van der Waals surface area (Å²) in [6.45, 7) is 3.43. The fourth-order valence-corrected chi connectivity index (χ4v) is 6.74. The van der Waals surface area contributed by atoms with Crippen LogP contribution in [-0.2, 0) is 19.4 Å². The highest BCUT2D eigenvalue weighted by molar-refractivity contribution is 7.92. The fourth-order valence-electron chi connectivity index (χ4n) is 5.26. The Morgan fingerprint density at radius 2 is 1.64 bits per heavy atom. The molecule has 0 radical (unpaired) electrons. The minimum atomic E-state index is -3.60. The number of aromatic amines is 2. The second-order valence-electron chi connectivity index (χ2n) is 11.0. The van der Waals surface area contributed by atoms with Crippen molar-refractivity contribution in [2.45, 2.75) is 61.6 Å². The van der Waals surface area contributed by atoms with Crippen molar-refractivity contribution in [1.82, 2.24) is 20.3 Å². The summed E-state index contributed by atoms with van der Waals surface area (Å²) in [6.07, 6.45) is 1.74. The molecule has 0 fully saturated rings. The van der Waals surface area contributed by atoms with Crippen molar-refractivity contribution in [3.05, 3.63) is 87.8 Å². The summed E-state index contributed by atoms with van der Waals surface area (Å²) in [5.41, 5.74) is 7.18. The molecule has 1 amide bonds. The summed E-state index contributed by atoms with van der Waals surface area (Å²) in [5, 5.41) is 21.5. The number of nitrogens with one attached hydrogen (secondary N) is 3. The number of aromatic nitrogens is 3. The Hall–Kier alpha value is -4.98. The van der Waals surface area contributed by atoms with Crippen LogP contribution in [0.15, 0.2) is 70.5 Å². The number of nitrogens with zero attached hydrogens (tertiary/aromatic N) is 1. The van der Waals surface area contributed by atoms with E-state index in [1.54, 1.807) is 43.5 Å². The van der Waals surface area contributed by atoms with Gasteiger partial charge in [0.15, 0.2) is 9.84 Å². The lowest BCUT2D eigenvalue weighted by Gasteiger charge is -2.20. The highest BCUT2D eigenvalue weighted by Crippen LogP contribution is 2.29. The molecule has 0 bridgehead atoms. The molecule has 2 aromatic heterocycles. The molecule has 0 aliphatic rings. The van der Waals surface area contributed by atoms with Crippen molar-refractivity contribution in [3.63, 3.8) is 0 Å². The number of fused-ring (bicyclic) bond motifs is 1. The SMILES string of the molecule is CC(c1ccc(C(=O)N[C@@H](CC(CCCC(C)S(=O)(=O)c2ccccc2)C(=O)O)C(=O)O)cc1)c1c[nH]c2nc(N)[nH]c(=O)c12. The number of sulfone groups is 1. The normalized spacial score (nSPS) is 14.4. The molecule has 4 aromatic rings. The van der Waals surface area contributed by atoms with Crippen molar-refractivity contribution in [2.24, 2.45) is 5.92 Å². The number of nitrogens with two attached hydrogens (primary N) is 1. The standard InChI is InChI=1S/C31H35N5O8S/c1-17(45(43,44)22-9-4-3-5-10-22)7-6-8-21(29(39)40)15-24(30(41)42)34-27(37)20-13-11-19(12-14-20)18(2)23-16-33-26-25(23)28(38)36-31(32)35-26/h3-5,9-14,16-18,21,24H,6-8,15H2,1-2H3,(H,34,37)(H,39,40)(H,41,42)(H4,32,33,35,36,38)/t17?,18?,21?,24-/m0/s1. The molecule has 0 spiro atoms. The summed E-state index contributed by atoms with van der Waals surface area (Å²) in [5.74, 6) is -4.72. The predicted octanol–water partition coefficient (Wildman–Crippen LogP) is 3.29. The fraction of sp³-hybridized carbons (Fsp3) is 0.323. The van der Waals surface area contributed by atoms with E-state index in [1.165, 1.54) is 24.3 Å². The second kappa shape index (κ2) is 13.8. The molecular formula is C31H35N5O8S. The first-order valence-corrected chi connectivity index (χ1v) is 15.9. The Morgan fingerprint density at radius 3 is 2.27 bits per heavy atom. The number of rotatable bonds is 14. The Morgan fingerprint density at radius 1 is 0.978 bits per heavy atom. The van der Waals surface area contributed by atoms with E-state index in [9.17, 15) is 37.8 Å². The summed E-state index contributed by atoms with van der Waals surface area (Å²) >= 11 is 0. The minimum absolute atomic E-state index is 0.0119. The predicted molar refractivity (Wildman–Crippen MR) is 167 cm³/mol. The zero-order chi connectivity index (χ0) is 32.9. The van der Waals surface area contributed by atoms with Gasteiger partial charge in [0.25, 0.3) is 11.5 Å². The number of carboxylic acid groups (broad SMARTS) is 2. The van der Waals surface area contributed by atoms with Gasteiger partial charge in [-0.1, -0.05) is 43.7 Å².